The number of thiazole rings is 1. The van der Waals surface area contributed by atoms with Crippen molar-refractivity contribution in [1.29, 1.82) is 0 Å². The van der Waals surface area contributed by atoms with Crippen LogP contribution in [-0.4, -0.2) is 11.0 Å². The maximum Gasteiger partial charge on any atom is 0.325 e. The molecule has 1 aromatic heterocycles. The molecule has 4 nitrogen and oxygen atoms in total. The minimum atomic E-state index is -0.514. The maximum atomic E-state index is 11.8. The number of nitrogens with zero attached hydrogens (tertiary/aromatic N) is 2. The van der Waals surface area contributed by atoms with Crippen LogP contribution in [0.25, 0.3) is 0 Å². The topological polar surface area (TPSA) is 59.2 Å². The first kappa shape index (κ1) is 14.5. The molecule has 0 radical (unpaired) electrons. The van der Waals surface area contributed by atoms with Crippen molar-refractivity contribution in [3.8, 4) is 0 Å². The lowest BCUT2D eigenvalue weighted by atomic mass is 10.1. The molecule has 0 aliphatic heterocycles. The van der Waals surface area contributed by atoms with Crippen molar-refractivity contribution < 1.29 is 4.79 Å². The normalized spacial score (nSPS) is 10.8. The number of carbonyl (C=O) groups is 1. The number of benzene rings is 1. The predicted octanol–water partition coefficient (Wildman–Crippen LogP) is 4.10. The number of hydrogen-bond donors (Lipinski definition) is 1. The van der Waals surface area contributed by atoms with Gasteiger partial charge in [-0.15, -0.1) is 11.3 Å². The Balaban J connectivity index is 2.47. The Morgan fingerprint density at radius 1 is 1.25 bits per heavy atom. The molecule has 0 fully saturated rings. The van der Waals surface area contributed by atoms with Crippen molar-refractivity contribution in [2.24, 2.45) is 5.73 Å². The smallest absolute Gasteiger partial charge is 0.325 e. The summed E-state index contributed by atoms with van der Waals surface area (Å²) in [7, 11) is 0. The zero-order chi connectivity index (χ0) is 14.9. The first-order valence-corrected chi connectivity index (χ1v) is 7.33. The molecular weight excluding hydrogens is 270 g/mol. The second-order valence-corrected chi connectivity index (χ2v) is 6.26. The summed E-state index contributed by atoms with van der Waals surface area (Å²) in [6.45, 7) is 8.19. The molecule has 1 aromatic carbocycles. The summed E-state index contributed by atoms with van der Waals surface area (Å²) in [5, 5.41) is 0.617. The van der Waals surface area contributed by atoms with Crippen LogP contribution in [0.4, 0.5) is 15.6 Å². The number of amides is 2. The van der Waals surface area contributed by atoms with Gasteiger partial charge in [0.05, 0.1) is 5.69 Å². The Morgan fingerprint density at radius 3 is 2.30 bits per heavy atom. The molecule has 1 heterocycles. The number of aryl methyl sites for hydroxylation is 2. The predicted molar refractivity (Wildman–Crippen MR) is 83.8 cm³/mol. The van der Waals surface area contributed by atoms with Crippen LogP contribution in [0.2, 0.25) is 0 Å². The molecule has 0 atom stereocenters. The highest BCUT2D eigenvalue weighted by molar-refractivity contribution is 7.15. The van der Waals surface area contributed by atoms with Crippen LogP contribution in [0.3, 0.4) is 0 Å². The molecule has 0 saturated carbocycles. The fraction of sp³-hybridized carbons (Fsp3) is 0.333. The number of rotatable bonds is 3. The second-order valence-electron chi connectivity index (χ2n) is 5.22. The van der Waals surface area contributed by atoms with Crippen LogP contribution in [0.1, 0.15) is 35.8 Å². The molecule has 2 rings (SSSR count). The molecule has 0 bridgehead atoms. The van der Waals surface area contributed by atoms with E-state index < -0.39 is 6.03 Å². The van der Waals surface area contributed by atoms with E-state index >= 15 is 0 Å². The molecule has 5 heteroatoms. The highest BCUT2D eigenvalue weighted by Crippen LogP contribution is 2.33. The third kappa shape index (κ3) is 2.99. The zero-order valence-corrected chi connectivity index (χ0v) is 13.0. The maximum absolute atomic E-state index is 11.8. The van der Waals surface area contributed by atoms with E-state index in [1.54, 1.807) is 0 Å². The first-order chi connectivity index (χ1) is 9.38. The molecule has 0 saturated heterocycles. The number of hydrogen-bond acceptors (Lipinski definition) is 3. The minimum Gasteiger partial charge on any atom is -0.351 e. The molecule has 2 N–H and O–H groups in total. The lowest BCUT2D eigenvalue weighted by Gasteiger charge is -2.18. The Hall–Kier alpha value is -1.88. The van der Waals surface area contributed by atoms with Crippen molar-refractivity contribution in [3.05, 3.63) is 40.4 Å². The van der Waals surface area contributed by atoms with Crippen LogP contribution in [0.5, 0.6) is 0 Å². The van der Waals surface area contributed by atoms with E-state index in [0.29, 0.717) is 11.0 Å². The van der Waals surface area contributed by atoms with Crippen molar-refractivity contribution in [1.82, 2.24) is 4.98 Å². The lowest BCUT2D eigenvalue weighted by molar-refractivity contribution is 0.256. The number of urea groups is 1. The Kier molecular flexibility index (Phi) is 4.09. The largest absolute Gasteiger partial charge is 0.351 e. The van der Waals surface area contributed by atoms with Gasteiger partial charge in [0.15, 0.2) is 5.13 Å². The summed E-state index contributed by atoms with van der Waals surface area (Å²) in [5.74, 6) is 0.384. The van der Waals surface area contributed by atoms with Crippen molar-refractivity contribution in [2.75, 3.05) is 4.90 Å². The van der Waals surface area contributed by atoms with Crippen LogP contribution >= 0.6 is 11.3 Å². The van der Waals surface area contributed by atoms with Gasteiger partial charge in [-0.1, -0.05) is 19.9 Å². The Labute approximate surface area is 123 Å². The molecule has 20 heavy (non-hydrogen) atoms. The Bertz CT molecular complexity index is 614. The molecule has 0 aliphatic carbocycles. The van der Waals surface area contributed by atoms with Crippen LogP contribution in [0, 0.1) is 13.8 Å². The van der Waals surface area contributed by atoms with E-state index in [2.05, 4.69) is 24.9 Å². The van der Waals surface area contributed by atoms with Crippen LogP contribution in [0.15, 0.2) is 24.4 Å². The summed E-state index contributed by atoms with van der Waals surface area (Å²) in [5.41, 5.74) is 8.48. The Morgan fingerprint density at radius 2 is 1.85 bits per heavy atom. The number of aromatic nitrogens is 1. The fourth-order valence-electron chi connectivity index (χ4n) is 2.06. The van der Waals surface area contributed by atoms with Gasteiger partial charge in [-0.2, -0.15) is 0 Å². The third-order valence-electron chi connectivity index (χ3n) is 2.96. The fourth-order valence-corrected chi connectivity index (χ4v) is 3.00. The molecule has 0 aliphatic rings. The van der Waals surface area contributed by atoms with Gasteiger partial charge in [-0.05, 0) is 43.0 Å². The number of anilines is 2. The molecule has 106 valence electrons. The highest BCUT2D eigenvalue weighted by Gasteiger charge is 2.19. The monoisotopic (exact) mass is 289 g/mol. The molecule has 2 aromatic rings. The minimum absolute atomic E-state index is 0.384. The van der Waals surface area contributed by atoms with Crippen molar-refractivity contribution >= 4 is 28.2 Å². The average Bonchev–Trinajstić information content (AvgIpc) is 2.76. The highest BCUT2D eigenvalue weighted by atomic mass is 32.1. The van der Waals surface area contributed by atoms with Crippen LogP contribution < -0.4 is 10.6 Å². The summed E-state index contributed by atoms with van der Waals surface area (Å²) in [6, 6.07) is 5.42. The third-order valence-corrected chi connectivity index (χ3v) is 4.24. The van der Waals surface area contributed by atoms with Gasteiger partial charge in [0.2, 0.25) is 0 Å². The summed E-state index contributed by atoms with van der Waals surface area (Å²) in [6.07, 6.45) is 1.81. The number of nitrogens with two attached hydrogens (primary N) is 1. The standard InChI is InChI=1S/C15H19N3OS/c1-9(2)13-8-17-15(20-13)18(14(16)19)12-6-10(3)5-11(4)7-12/h5-9H,1-4H3,(H2,16,19). The SMILES string of the molecule is Cc1cc(C)cc(N(C(N)=O)c2ncc(C(C)C)s2)c1. The van der Waals surface area contributed by atoms with E-state index in [0.717, 1.165) is 21.7 Å². The van der Waals surface area contributed by atoms with Gasteiger partial charge >= 0.3 is 6.03 Å². The van der Waals surface area contributed by atoms with Gasteiger partial charge in [0, 0.05) is 11.1 Å². The molecule has 2 amide bonds. The quantitative estimate of drug-likeness (QED) is 0.924. The van der Waals surface area contributed by atoms with Gasteiger partial charge in [0.1, 0.15) is 0 Å². The summed E-state index contributed by atoms with van der Waals surface area (Å²) in [4.78, 5) is 18.8. The molecule has 0 spiro atoms. The van der Waals surface area contributed by atoms with Crippen molar-refractivity contribution in [2.45, 2.75) is 33.6 Å². The summed E-state index contributed by atoms with van der Waals surface area (Å²) < 4.78 is 0. The van der Waals surface area contributed by atoms with Crippen molar-refractivity contribution in [3.63, 3.8) is 0 Å². The number of carbonyl (C=O) groups excluding carboxylic acids is 1. The van der Waals surface area contributed by atoms with E-state index in [-0.39, 0.29) is 0 Å². The zero-order valence-electron chi connectivity index (χ0n) is 12.2. The summed E-state index contributed by atoms with van der Waals surface area (Å²) >= 11 is 1.50. The average molecular weight is 289 g/mol. The molecule has 0 unspecified atom stereocenters. The van der Waals surface area contributed by atoms with Gasteiger partial charge in [-0.25, -0.2) is 14.7 Å². The first-order valence-electron chi connectivity index (χ1n) is 6.52. The molecular formula is C15H19N3OS. The van der Waals surface area contributed by atoms with E-state index in [4.69, 9.17) is 5.73 Å². The van der Waals surface area contributed by atoms with Gasteiger partial charge in [0.25, 0.3) is 0 Å². The van der Waals surface area contributed by atoms with Gasteiger partial charge < -0.3 is 5.73 Å². The van der Waals surface area contributed by atoms with E-state index in [9.17, 15) is 4.79 Å². The van der Waals surface area contributed by atoms with Crippen LogP contribution in [-0.2, 0) is 0 Å². The number of primary amides is 1. The second kappa shape index (κ2) is 5.63. The van der Waals surface area contributed by atoms with E-state index in [1.807, 2.05) is 32.2 Å². The lowest BCUT2D eigenvalue weighted by Crippen LogP contribution is -2.31. The van der Waals surface area contributed by atoms with Gasteiger partial charge in [-0.3, -0.25) is 0 Å². The van der Waals surface area contributed by atoms with E-state index in [1.165, 1.54) is 16.2 Å².